The average molecular weight is 417 g/mol. The molecule has 0 radical (unpaired) electrons. The first-order valence-electron chi connectivity index (χ1n) is 9.69. The van der Waals surface area contributed by atoms with E-state index < -0.39 is 5.82 Å². The van der Waals surface area contributed by atoms with E-state index in [1.54, 1.807) is 30.7 Å². The first-order valence-corrected chi connectivity index (χ1v) is 9.69. The predicted molar refractivity (Wildman–Crippen MR) is 115 cm³/mol. The monoisotopic (exact) mass is 417 g/mol. The number of rotatable bonds is 6. The zero-order valence-electron chi connectivity index (χ0n) is 17.1. The molecule has 0 fully saturated rings. The Balaban J connectivity index is 1.53. The molecular formula is C22H20FN7O. The number of benzene rings is 1. The number of carbonyl (C=O) groups is 1. The van der Waals surface area contributed by atoms with Gasteiger partial charge in [-0.25, -0.2) is 24.3 Å². The maximum Gasteiger partial charge on any atom is 0.251 e. The number of nitrogens with zero attached hydrogens (tertiary/aromatic N) is 5. The molecule has 0 atom stereocenters. The number of nitrogens with one attached hydrogen (secondary N) is 2. The summed E-state index contributed by atoms with van der Waals surface area (Å²) in [6.45, 7) is 2.31. The van der Waals surface area contributed by atoms with Gasteiger partial charge in [0, 0.05) is 49.2 Å². The third-order valence-corrected chi connectivity index (χ3v) is 4.80. The molecule has 9 heteroatoms. The van der Waals surface area contributed by atoms with E-state index in [2.05, 4.69) is 35.6 Å². The Morgan fingerprint density at radius 3 is 2.65 bits per heavy atom. The highest BCUT2D eigenvalue weighted by Crippen LogP contribution is 2.23. The smallest absolute Gasteiger partial charge is 0.251 e. The van der Waals surface area contributed by atoms with Crippen molar-refractivity contribution in [1.82, 2.24) is 30.2 Å². The fraction of sp³-hybridized carbons (Fsp3) is 0.182. The summed E-state index contributed by atoms with van der Waals surface area (Å²) in [6.07, 6.45) is 6.94. The first-order chi connectivity index (χ1) is 15.0. The molecule has 8 nitrogen and oxygen atoms in total. The topological polar surface area (TPSA) is 106 Å². The van der Waals surface area contributed by atoms with Gasteiger partial charge in [0.1, 0.15) is 23.8 Å². The second-order valence-electron chi connectivity index (χ2n) is 6.88. The molecule has 4 rings (SSSR count). The molecule has 0 saturated carbocycles. The second kappa shape index (κ2) is 8.78. The van der Waals surface area contributed by atoms with E-state index >= 15 is 0 Å². The molecule has 0 saturated heterocycles. The number of pyridine rings is 1. The quantitative estimate of drug-likeness (QED) is 0.497. The molecule has 0 aliphatic heterocycles. The van der Waals surface area contributed by atoms with Crippen LogP contribution in [0.5, 0.6) is 0 Å². The van der Waals surface area contributed by atoms with Gasteiger partial charge >= 0.3 is 0 Å². The Bertz CT molecular complexity index is 1240. The van der Waals surface area contributed by atoms with Crippen LogP contribution >= 0.6 is 0 Å². The van der Waals surface area contributed by atoms with Crippen molar-refractivity contribution in [3.8, 4) is 11.3 Å². The summed E-state index contributed by atoms with van der Waals surface area (Å²) in [5, 5.41) is 6.29. The molecule has 1 amide bonds. The average Bonchev–Trinajstić information content (AvgIpc) is 2.79. The largest absolute Gasteiger partial charge is 0.370 e. The van der Waals surface area contributed by atoms with Crippen LogP contribution < -0.4 is 10.6 Å². The Morgan fingerprint density at radius 1 is 1.06 bits per heavy atom. The minimum atomic E-state index is -0.413. The van der Waals surface area contributed by atoms with Crippen molar-refractivity contribution in [2.24, 2.45) is 0 Å². The van der Waals surface area contributed by atoms with E-state index in [1.165, 1.54) is 25.5 Å². The molecular weight excluding hydrogens is 397 g/mol. The Kier molecular flexibility index (Phi) is 5.74. The fourth-order valence-corrected chi connectivity index (χ4v) is 3.27. The SMILES string of the molecule is CNC(=O)c1ccnc2c(CCNc3cc(-c4cnc(C)nc4)ncn3)cc(F)cc12. The number of hydrogen-bond acceptors (Lipinski definition) is 7. The zero-order chi connectivity index (χ0) is 21.8. The van der Waals surface area contributed by atoms with Crippen LogP contribution in [-0.4, -0.2) is 44.4 Å². The highest BCUT2D eigenvalue weighted by atomic mass is 19.1. The first kappa shape index (κ1) is 20.3. The number of halogens is 1. The van der Waals surface area contributed by atoms with Crippen molar-refractivity contribution >= 4 is 22.6 Å². The molecule has 0 bridgehead atoms. The number of aryl methyl sites for hydroxylation is 1. The predicted octanol–water partition coefficient (Wildman–Crippen LogP) is 2.94. The van der Waals surface area contributed by atoms with Crippen LogP contribution in [-0.2, 0) is 6.42 Å². The van der Waals surface area contributed by atoms with Crippen molar-refractivity contribution in [1.29, 1.82) is 0 Å². The summed E-state index contributed by atoms with van der Waals surface area (Å²) in [5.74, 6) is 0.622. The Morgan fingerprint density at radius 2 is 1.87 bits per heavy atom. The van der Waals surface area contributed by atoms with Gasteiger partial charge in [-0.15, -0.1) is 0 Å². The highest BCUT2D eigenvalue weighted by Gasteiger charge is 2.13. The number of hydrogen-bond donors (Lipinski definition) is 2. The number of carbonyl (C=O) groups excluding carboxylic acids is 1. The van der Waals surface area contributed by atoms with Crippen LogP contribution in [0, 0.1) is 12.7 Å². The minimum absolute atomic E-state index is 0.282. The molecule has 1 aromatic carbocycles. The summed E-state index contributed by atoms with van der Waals surface area (Å²) >= 11 is 0. The van der Waals surface area contributed by atoms with Crippen molar-refractivity contribution in [3.05, 3.63) is 72.0 Å². The van der Waals surface area contributed by atoms with Crippen LogP contribution in [0.1, 0.15) is 21.7 Å². The van der Waals surface area contributed by atoms with Crippen LogP contribution in [0.2, 0.25) is 0 Å². The second-order valence-corrected chi connectivity index (χ2v) is 6.88. The van der Waals surface area contributed by atoms with Gasteiger partial charge in [-0.1, -0.05) is 0 Å². The van der Waals surface area contributed by atoms with Gasteiger partial charge in [-0.05, 0) is 37.1 Å². The molecule has 2 N–H and O–H groups in total. The molecule has 31 heavy (non-hydrogen) atoms. The van der Waals surface area contributed by atoms with Gasteiger partial charge in [0.25, 0.3) is 5.91 Å². The van der Waals surface area contributed by atoms with Gasteiger partial charge in [-0.2, -0.15) is 0 Å². The Labute approximate surface area is 178 Å². The summed E-state index contributed by atoms with van der Waals surface area (Å²) in [5.41, 5.74) is 3.18. The highest BCUT2D eigenvalue weighted by molar-refractivity contribution is 6.06. The van der Waals surface area contributed by atoms with Crippen molar-refractivity contribution in [2.45, 2.75) is 13.3 Å². The van der Waals surface area contributed by atoms with Gasteiger partial charge in [-0.3, -0.25) is 9.78 Å². The van der Waals surface area contributed by atoms with E-state index in [0.717, 1.165) is 5.56 Å². The van der Waals surface area contributed by atoms with Gasteiger partial charge in [0.05, 0.1) is 16.8 Å². The number of anilines is 1. The van der Waals surface area contributed by atoms with E-state index in [1.807, 2.05) is 6.92 Å². The zero-order valence-corrected chi connectivity index (χ0v) is 17.1. The summed E-state index contributed by atoms with van der Waals surface area (Å²) < 4.78 is 14.3. The molecule has 0 spiro atoms. The third kappa shape index (κ3) is 4.45. The van der Waals surface area contributed by atoms with Crippen molar-refractivity contribution < 1.29 is 9.18 Å². The summed E-state index contributed by atoms with van der Waals surface area (Å²) in [6, 6.07) is 6.17. The van der Waals surface area contributed by atoms with E-state index in [4.69, 9.17) is 0 Å². The van der Waals surface area contributed by atoms with Crippen LogP contribution in [0.3, 0.4) is 0 Å². The maximum atomic E-state index is 14.3. The molecule has 3 heterocycles. The van der Waals surface area contributed by atoms with Crippen LogP contribution in [0.25, 0.3) is 22.2 Å². The number of amides is 1. The van der Waals surface area contributed by atoms with Gasteiger partial charge < -0.3 is 10.6 Å². The number of aromatic nitrogens is 5. The van der Waals surface area contributed by atoms with Crippen LogP contribution in [0.4, 0.5) is 10.2 Å². The van der Waals surface area contributed by atoms with Crippen LogP contribution in [0.15, 0.2) is 49.2 Å². The molecule has 0 aliphatic carbocycles. The third-order valence-electron chi connectivity index (χ3n) is 4.80. The summed E-state index contributed by atoms with van der Waals surface area (Å²) in [4.78, 5) is 33.4. The Hall–Kier alpha value is -4.01. The van der Waals surface area contributed by atoms with E-state index in [-0.39, 0.29) is 5.91 Å². The molecule has 3 aromatic heterocycles. The lowest BCUT2D eigenvalue weighted by Gasteiger charge is -2.11. The lowest BCUT2D eigenvalue weighted by molar-refractivity contribution is 0.0964. The molecule has 0 unspecified atom stereocenters. The fourth-order valence-electron chi connectivity index (χ4n) is 3.27. The van der Waals surface area contributed by atoms with Gasteiger partial charge in [0.15, 0.2) is 0 Å². The van der Waals surface area contributed by atoms with Crippen molar-refractivity contribution in [2.75, 3.05) is 18.9 Å². The van der Waals surface area contributed by atoms with Gasteiger partial charge in [0.2, 0.25) is 0 Å². The lowest BCUT2D eigenvalue weighted by Crippen LogP contribution is -2.18. The summed E-state index contributed by atoms with van der Waals surface area (Å²) in [7, 11) is 1.54. The molecule has 0 aliphatic rings. The normalized spacial score (nSPS) is 10.8. The van der Waals surface area contributed by atoms with E-state index in [0.29, 0.717) is 52.3 Å². The molecule has 4 aromatic rings. The lowest BCUT2D eigenvalue weighted by atomic mass is 10.0. The van der Waals surface area contributed by atoms with Crippen molar-refractivity contribution in [3.63, 3.8) is 0 Å². The standard InChI is InChI=1S/C22H20FN7O/c1-13-27-10-15(11-28-13)19-9-20(30-12-29-19)25-5-3-14-7-16(23)8-18-17(22(31)24-2)4-6-26-21(14)18/h4,6-12H,3,5H2,1-2H3,(H,24,31)(H,25,29,30). The maximum absolute atomic E-state index is 14.3. The molecule has 156 valence electrons. The number of fused-ring (bicyclic) bond motifs is 1. The van der Waals surface area contributed by atoms with E-state index in [9.17, 15) is 9.18 Å². The minimum Gasteiger partial charge on any atom is -0.370 e.